The summed E-state index contributed by atoms with van der Waals surface area (Å²) in [5.41, 5.74) is 1.65. The lowest BCUT2D eigenvalue weighted by molar-refractivity contribution is 0.283. The third-order valence-electron chi connectivity index (χ3n) is 3.56. The van der Waals surface area contributed by atoms with E-state index in [0.717, 1.165) is 37.6 Å². The Balaban J connectivity index is 2.32. The average molecular weight is 288 g/mol. The molecule has 0 radical (unpaired) electrons. The molecular formula is C16H24N4O. The summed E-state index contributed by atoms with van der Waals surface area (Å²) >= 11 is 0. The molecule has 21 heavy (non-hydrogen) atoms. The molecule has 1 aromatic carbocycles. The monoisotopic (exact) mass is 288 g/mol. The van der Waals surface area contributed by atoms with E-state index in [9.17, 15) is 0 Å². The van der Waals surface area contributed by atoms with Gasteiger partial charge >= 0.3 is 5.68 Å². The van der Waals surface area contributed by atoms with Gasteiger partial charge in [-0.25, -0.2) is 4.99 Å². The molecule has 0 saturated heterocycles. The van der Waals surface area contributed by atoms with Gasteiger partial charge in [0.25, 0.3) is 0 Å². The minimum Gasteiger partial charge on any atom is -0.315 e. The summed E-state index contributed by atoms with van der Waals surface area (Å²) in [7, 11) is 0. The molecule has 1 aromatic heterocycles. The molecule has 0 N–H and O–H groups in total. The van der Waals surface area contributed by atoms with Gasteiger partial charge in [0.1, 0.15) is 0 Å². The first-order valence-electron chi connectivity index (χ1n) is 7.64. The van der Waals surface area contributed by atoms with Crippen molar-refractivity contribution in [2.24, 2.45) is 4.99 Å². The zero-order valence-electron chi connectivity index (χ0n) is 13.1. The van der Waals surface area contributed by atoms with E-state index in [1.807, 2.05) is 37.3 Å². The molecule has 0 spiro atoms. The molecule has 114 valence electrons. The predicted octanol–water partition coefficient (Wildman–Crippen LogP) is 2.41. The van der Waals surface area contributed by atoms with E-state index in [0.29, 0.717) is 12.2 Å². The molecular weight excluding hydrogens is 264 g/mol. The van der Waals surface area contributed by atoms with Crippen molar-refractivity contribution < 1.29 is 4.52 Å². The quantitative estimate of drug-likeness (QED) is 0.786. The van der Waals surface area contributed by atoms with Gasteiger partial charge in [-0.05, 0) is 20.0 Å². The highest BCUT2D eigenvalue weighted by Crippen LogP contribution is 2.14. The van der Waals surface area contributed by atoms with Gasteiger partial charge in [0.15, 0.2) is 5.82 Å². The maximum Gasteiger partial charge on any atom is 0.323 e. The molecule has 5 heteroatoms. The molecule has 1 heterocycles. The van der Waals surface area contributed by atoms with Crippen LogP contribution in [0.15, 0.2) is 39.8 Å². The van der Waals surface area contributed by atoms with Crippen LogP contribution in [0.1, 0.15) is 20.8 Å². The third-order valence-corrected chi connectivity index (χ3v) is 3.56. The van der Waals surface area contributed by atoms with Crippen molar-refractivity contribution in [2.75, 3.05) is 26.2 Å². The van der Waals surface area contributed by atoms with Gasteiger partial charge in [-0.15, -0.1) is 0 Å². The molecule has 0 aliphatic rings. The number of hydrogen-bond acceptors (Lipinski definition) is 4. The standard InChI is InChI=1S/C16H24N4O/c1-4-17-16-20(13-12-19(5-2)6-3)15(18-21-16)14-10-8-7-9-11-14/h7-11H,4-6,12-13H2,1-3H3. The maximum atomic E-state index is 5.42. The van der Waals surface area contributed by atoms with E-state index >= 15 is 0 Å². The molecule has 0 aliphatic heterocycles. The summed E-state index contributed by atoms with van der Waals surface area (Å²) in [6.07, 6.45) is 0. The second kappa shape index (κ2) is 7.78. The van der Waals surface area contributed by atoms with Crippen molar-refractivity contribution in [3.05, 3.63) is 36.0 Å². The molecule has 0 saturated carbocycles. The molecule has 5 nitrogen and oxygen atoms in total. The van der Waals surface area contributed by atoms with Crippen LogP contribution in [0.2, 0.25) is 0 Å². The van der Waals surface area contributed by atoms with Crippen LogP contribution in [-0.2, 0) is 6.54 Å². The minimum absolute atomic E-state index is 0.600. The first-order valence-corrected chi connectivity index (χ1v) is 7.64. The summed E-state index contributed by atoms with van der Waals surface area (Å²) in [6.45, 7) is 10.9. The first kappa shape index (κ1) is 15.5. The Hall–Kier alpha value is -1.88. The number of rotatable bonds is 7. The fraction of sp³-hybridized carbons (Fsp3) is 0.500. The van der Waals surface area contributed by atoms with Crippen LogP contribution in [0.5, 0.6) is 0 Å². The largest absolute Gasteiger partial charge is 0.323 e. The topological polar surface area (TPSA) is 46.6 Å². The number of aromatic nitrogens is 2. The highest BCUT2D eigenvalue weighted by Gasteiger charge is 2.12. The van der Waals surface area contributed by atoms with E-state index < -0.39 is 0 Å². The van der Waals surface area contributed by atoms with Gasteiger partial charge < -0.3 is 9.42 Å². The Morgan fingerprint density at radius 2 is 1.86 bits per heavy atom. The zero-order valence-corrected chi connectivity index (χ0v) is 13.1. The molecule has 0 amide bonds. The molecule has 0 bridgehead atoms. The highest BCUT2D eigenvalue weighted by molar-refractivity contribution is 5.54. The van der Waals surface area contributed by atoms with E-state index in [1.54, 1.807) is 0 Å². The van der Waals surface area contributed by atoms with Crippen molar-refractivity contribution in [1.29, 1.82) is 0 Å². The number of nitrogens with zero attached hydrogens (tertiary/aromatic N) is 4. The summed E-state index contributed by atoms with van der Waals surface area (Å²) in [6, 6.07) is 10.1. The van der Waals surface area contributed by atoms with Gasteiger partial charge in [-0.1, -0.05) is 49.3 Å². The summed E-state index contributed by atoms with van der Waals surface area (Å²) < 4.78 is 7.48. The van der Waals surface area contributed by atoms with Gasteiger partial charge in [-0.3, -0.25) is 4.57 Å². The van der Waals surface area contributed by atoms with Crippen molar-refractivity contribution in [1.82, 2.24) is 14.6 Å². The fourth-order valence-corrected chi connectivity index (χ4v) is 2.30. The zero-order chi connectivity index (χ0) is 15.1. The Labute approximate surface area is 125 Å². The average Bonchev–Trinajstić information content (AvgIpc) is 2.92. The predicted molar refractivity (Wildman–Crippen MR) is 83.8 cm³/mol. The lowest BCUT2D eigenvalue weighted by atomic mass is 10.2. The van der Waals surface area contributed by atoms with Crippen molar-refractivity contribution >= 4 is 0 Å². The molecule has 0 unspecified atom stereocenters. The van der Waals surface area contributed by atoms with Gasteiger partial charge in [0, 0.05) is 25.2 Å². The van der Waals surface area contributed by atoms with E-state index in [2.05, 4.69) is 33.5 Å². The maximum absolute atomic E-state index is 5.42. The normalized spacial score (nSPS) is 12.3. The Morgan fingerprint density at radius 1 is 1.14 bits per heavy atom. The molecule has 0 aliphatic carbocycles. The van der Waals surface area contributed by atoms with Crippen LogP contribution in [0.25, 0.3) is 11.4 Å². The third kappa shape index (κ3) is 3.82. The van der Waals surface area contributed by atoms with E-state index in [1.165, 1.54) is 0 Å². The molecule has 0 fully saturated rings. The summed E-state index contributed by atoms with van der Waals surface area (Å²) in [5, 5.41) is 4.21. The van der Waals surface area contributed by atoms with Gasteiger partial charge in [0.2, 0.25) is 0 Å². The first-order chi connectivity index (χ1) is 10.3. The highest BCUT2D eigenvalue weighted by atomic mass is 16.5. The van der Waals surface area contributed by atoms with Crippen LogP contribution >= 0.6 is 0 Å². The van der Waals surface area contributed by atoms with Crippen LogP contribution in [-0.4, -0.2) is 40.8 Å². The second-order valence-corrected chi connectivity index (χ2v) is 4.81. The molecule has 2 aromatic rings. The van der Waals surface area contributed by atoms with Gasteiger partial charge in [-0.2, -0.15) is 0 Å². The van der Waals surface area contributed by atoms with Crippen LogP contribution in [0.4, 0.5) is 0 Å². The summed E-state index contributed by atoms with van der Waals surface area (Å²) in [5.74, 6) is 0.843. The van der Waals surface area contributed by atoms with Crippen molar-refractivity contribution in [3.63, 3.8) is 0 Å². The smallest absolute Gasteiger partial charge is 0.315 e. The number of benzene rings is 1. The molecule has 0 atom stereocenters. The van der Waals surface area contributed by atoms with Crippen LogP contribution < -0.4 is 5.68 Å². The van der Waals surface area contributed by atoms with Crippen molar-refractivity contribution in [2.45, 2.75) is 27.3 Å². The lowest BCUT2D eigenvalue weighted by Gasteiger charge is -2.18. The van der Waals surface area contributed by atoms with Crippen molar-refractivity contribution in [3.8, 4) is 11.4 Å². The summed E-state index contributed by atoms with van der Waals surface area (Å²) in [4.78, 5) is 6.78. The van der Waals surface area contributed by atoms with E-state index in [4.69, 9.17) is 4.52 Å². The lowest BCUT2D eigenvalue weighted by Crippen LogP contribution is -2.30. The Kier molecular flexibility index (Phi) is 5.75. The van der Waals surface area contributed by atoms with Crippen LogP contribution in [0, 0.1) is 0 Å². The minimum atomic E-state index is 0.600. The Morgan fingerprint density at radius 3 is 2.48 bits per heavy atom. The number of likely N-dealkylation sites (N-methyl/N-ethyl adjacent to an activating group) is 1. The molecule has 2 rings (SSSR count). The fourth-order valence-electron chi connectivity index (χ4n) is 2.30. The Bertz CT molecular complexity index is 596. The van der Waals surface area contributed by atoms with E-state index in [-0.39, 0.29) is 0 Å². The number of hydrogen-bond donors (Lipinski definition) is 0. The second-order valence-electron chi connectivity index (χ2n) is 4.81. The van der Waals surface area contributed by atoms with Crippen LogP contribution in [0.3, 0.4) is 0 Å². The SMILES string of the molecule is CCN=c1onc(-c2ccccc2)n1CCN(CC)CC. The van der Waals surface area contributed by atoms with Gasteiger partial charge in [0.05, 0.1) is 0 Å².